The molecule has 0 spiro atoms. The Labute approximate surface area is 97.9 Å². The van der Waals surface area contributed by atoms with E-state index in [-0.39, 0.29) is 11.3 Å². The molecule has 1 N–H and O–H groups in total. The normalized spacial score (nSPS) is 17.5. The Kier molecular flexibility index (Phi) is 3.26. The summed E-state index contributed by atoms with van der Waals surface area (Å²) in [5.41, 5.74) is 2.47. The number of thiazole rings is 1. The number of aromatic nitrogens is 1. The Morgan fingerprint density at radius 1 is 1.80 bits per heavy atom. The van der Waals surface area contributed by atoms with Crippen LogP contribution in [0.2, 0.25) is 0 Å². The number of halogens is 1. The lowest BCUT2D eigenvalue weighted by Gasteiger charge is -2.08. The molecule has 1 aromatic rings. The van der Waals surface area contributed by atoms with Crippen molar-refractivity contribution in [2.45, 2.75) is 25.1 Å². The summed E-state index contributed by atoms with van der Waals surface area (Å²) >= 11 is 7.46. The minimum Gasteiger partial charge on any atom is -0.350 e. The highest BCUT2D eigenvalue weighted by molar-refractivity contribution is 7.11. The Bertz CT molecular complexity index is 362. The molecule has 0 bridgehead atoms. The molecule has 15 heavy (non-hydrogen) atoms. The van der Waals surface area contributed by atoms with E-state index in [1.54, 1.807) is 5.51 Å². The van der Waals surface area contributed by atoms with Crippen LogP contribution in [0, 0.1) is 12.8 Å². The molecule has 0 saturated heterocycles. The van der Waals surface area contributed by atoms with Gasteiger partial charge in [-0.05, 0) is 25.7 Å². The molecular weight excluding hydrogens is 232 g/mol. The zero-order chi connectivity index (χ0) is 10.8. The molecule has 1 atom stereocenters. The first-order chi connectivity index (χ1) is 7.18. The summed E-state index contributed by atoms with van der Waals surface area (Å²) in [6.45, 7) is 2.40. The fourth-order valence-electron chi connectivity index (χ4n) is 1.41. The average Bonchev–Trinajstić information content (AvgIpc) is 2.98. The van der Waals surface area contributed by atoms with Crippen LogP contribution < -0.4 is 5.32 Å². The Hall–Kier alpha value is -0.610. The van der Waals surface area contributed by atoms with Gasteiger partial charge >= 0.3 is 0 Å². The van der Waals surface area contributed by atoms with Crippen molar-refractivity contribution in [1.29, 1.82) is 0 Å². The summed E-state index contributed by atoms with van der Waals surface area (Å²) in [4.78, 5) is 16.4. The zero-order valence-corrected chi connectivity index (χ0v) is 10.1. The van der Waals surface area contributed by atoms with Gasteiger partial charge in [0.15, 0.2) is 0 Å². The van der Waals surface area contributed by atoms with Gasteiger partial charge in [0.05, 0.1) is 16.6 Å². The van der Waals surface area contributed by atoms with Crippen molar-refractivity contribution in [1.82, 2.24) is 10.3 Å². The fraction of sp³-hybridized carbons (Fsp3) is 0.600. The highest BCUT2D eigenvalue weighted by Crippen LogP contribution is 2.35. The molecular formula is C10H13ClN2OS. The van der Waals surface area contributed by atoms with Gasteiger partial charge < -0.3 is 5.32 Å². The van der Waals surface area contributed by atoms with E-state index >= 15 is 0 Å². The largest absolute Gasteiger partial charge is 0.350 e. The number of aryl methyl sites for hydroxylation is 1. The lowest BCUT2D eigenvalue weighted by Crippen LogP contribution is -2.30. The number of amides is 1. The number of hydrogen-bond acceptors (Lipinski definition) is 3. The van der Waals surface area contributed by atoms with Crippen LogP contribution in [-0.2, 0) is 0 Å². The number of alkyl halides is 1. The summed E-state index contributed by atoms with van der Waals surface area (Å²) in [5, 5.41) is 2.93. The highest BCUT2D eigenvalue weighted by Gasteiger charge is 2.29. The monoisotopic (exact) mass is 244 g/mol. The quantitative estimate of drug-likeness (QED) is 0.826. The third-order valence-corrected chi connectivity index (χ3v) is 3.98. The maximum Gasteiger partial charge on any atom is 0.263 e. The number of nitrogens with zero attached hydrogens (tertiary/aromatic N) is 1. The van der Waals surface area contributed by atoms with Crippen molar-refractivity contribution < 1.29 is 4.79 Å². The van der Waals surface area contributed by atoms with Crippen LogP contribution in [0.25, 0.3) is 0 Å². The molecule has 5 heteroatoms. The van der Waals surface area contributed by atoms with E-state index in [1.807, 2.05) is 6.92 Å². The molecule has 0 radical (unpaired) electrons. The topological polar surface area (TPSA) is 42.0 Å². The molecule has 1 heterocycles. The molecule has 3 nitrogen and oxygen atoms in total. The van der Waals surface area contributed by atoms with Gasteiger partial charge in [0.1, 0.15) is 4.88 Å². The molecule has 1 unspecified atom stereocenters. The van der Waals surface area contributed by atoms with E-state index in [0.29, 0.717) is 17.3 Å². The van der Waals surface area contributed by atoms with E-state index in [1.165, 1.54) is 24.2 Å². The minimum atomic E-state index is -0.0544. The first-order valence-electron chi connectivity index (χ1n) is 5.01. The van der Waals surface area contributed by atoms with Crippen LogP contribution in [-0.4, -0.2) is 22.8 Å². The third kappa shape index (κ3) is 2.69. The van der Waals surface area contributed by atoms with Crippen molar-refractivity contribution >= 4 is 28.8 Å². The van der Waals surface area contributed by atoms with Gasteiger partial charge in [0.25, 0.3) is 5.91 Å². The van der Waals surface area contributed by atoms with Crippen molar-refractivity contribution in [3.05, 3.63) is 16.1 Å². The summed E-state index contributed by atoms with van der Waals surface area (Å²) in [6.07, 6.45) is 2.40. The molecule has 0 aromatic carbocycles. The molecule has 1 saturated carbocycles. The van der Waals surface area contributed by atoms with Crippen LogP contribution in [0.4, 0.5) is 0 Å². The van der Waals surface area contributed by atoms with Crippen LogP contribution in [0.15, 0.2) is 5.51 Å². The summed E-state index contributed by atoms with van der Waals surface area (Å²) in [7, 11) is 0. The first-order valence-corrected chi connectivity index (χ1v) is 6.32. The average molecular weight is 245 g/mol. The van der Waals surface area contributed by atoms with Crippen molar-refractivity contribution in [2.24, 2.45) is 5.92 Å². The minimum absolute atomic E-state index is 0.0544. The van der Waals surface area contributed by atoms with Gasteiger partial charge in [-0.3, -0.25) is 4.79 Å². The summed E-state index contributed by atoms with van der Waals surface area (Å²) < 4.78 is 0. The second-order valence-electron chi connectivity index (χ2n) is 3.83. The first kappa shape index (κ1) is 10.9. The van der Waals surface area contributed by atoms with E-state index in [2.05, 4.69) is 10.3 Å². The molecule has 1 aliphatic carbocycles. The lowest BCUT2D eigenvalue weighted by atomic mass is 10.3. The summed E-state index contributed by atoms with van der Waals surface area (Å²) in [6, 6.07) is 0. The molecule has 1 aromatic heterocycles. The van der Waals surface area contributed by atoms with Gasteiger partial charge in [-0.1, -0.05) is 0 Å². The predicted octanol–water partition coefficient (Wildman–Crippen LogP) is 2.20. The lowest BCUT2D eigenvalue weighted by molar-refractivity contribution is 0.0956. The second kappa shape index (κ2) is 4.49. The van der Waals surface area contributed by atoms with E-state index in [9.17, 15) is 4.79 Å². The maximum absolute atomic E-state index is 11.7. The number of carbonyl (C=O) groups is 1. The van der Waals surface area contributed by atoms with Gasteiger partial charge in [0.2, 0.25) is 0 Å². The standard InChI is InChI=1S/C10H13ClN2OS/c1-6-9(15-5-13-6)10(14)12-4-8(11)7-2-3-7/h5,7-8H,2-4H2,1H3,(H,12,14). The fourth-order valence-corrected chi connectivity index (χ4v) is 2.46. The van der Waals surface area contributed by atoms with Crippen LogP contribution in [0.1, 0.15) is 28.2 Å². The Morgan fingerprint density at radius 2 is 2.53 bits per heavy atom. The third-order valence-electron chi connectivity index (χ3n) is 2.54. The van der Waals surface area contributed by atoms with Crippen molar-refractivity contribution in [3.8, 4) is 0 Å². The SMILES string of the molecule is Cc1ncsc1C(=O)NCC(Cl)C1CC1. The molecule has 82 valence electrons. The van der Waals surface area contributed by atoms with E-state index in [0.717, 1.165) is 5.69 Å². The van der Waals surface area contributed by atoms with Crippen LogP contribution in [0.3, 0.4) is 0 Å². The smallest absolute Gasteiger partial charge is 0.263 e. The van der Waals surface area contributed by atoms with Crippen molar-refractivity contribution in [2.75, 3.05) is 6.54 Å². The van der Waals surface area contributed by atoms with E-state index in [4.69, 9.17) is 11.6 Å². The second-order valence-corrected chi connectivity index (χ2v) is 5.25. The number of rotatable bonds is 4. The number of hydrogen-bond donors (Lipinski definition) is 1. The number of carbonyl (C=O) groups excluding carboxylic acids is 1. The Balaban J connectivity index is 1.84. The number of nitrogens with one attached hydrogen (secondary N) is 1. The van der Waals surface area contributed by atoms with Crippen LogP contribution >= 0.6 is 22.9 Å². The van der Waals surface area contributed by atoms with Gasteiger partial charge in [0, 0.05) is 6.54 Å². The summed E-state index contributed by atoms with van der Waals surface area (Å²) in [5.74, 6) is 0.552. The molecule has 2 rings (SSSR count). The predicted molar refractivity (Wildman–Crippen MR) is 61.5 cm³/mol. The molecule has 1 fully saturated rings. The van der Waals surface area contributed by atoms with E-state index < -0.39 is 0 Å². The van der Waals surface area contributed by atoms with Crippen molar-refractivity contribution in [3.63, 3.8) is 0 Å². The van der Waals surface area contributed by atoms with Gasteiger partial charge in [-0.25, -0.2) is 4.98 Å². The highest BCUT2D eigenvalue weighted by atomic mass is 35.5. The molecule has 1 amide bonds. The van der Waals surface area contributed by atoms with Gasteiger partial charge in [-0.15, -0.1) is 22.9 Å². The molecule has 0 aliphatic heterocycles. The maximum atomic E-state index is 11.7. The zero-order valence-electron chi connectivity index (χ0n) is 8.50. The van der Waals surface area contributed by atoms with Crippen LogP contribution in [0.5, 0.6) is 0 Å². The Morgan fingerprint density at radius 3 is 3.07 bits per heavy atom. The van der Waals surface area contributed by atoms with Gasteiger partial charge in [-0.2, -0.15) is 0 Å². The molecule has 1 aliphatic rings.